The topological polar surface area (TPSA) is 27.7 Å². The Labute approximate surface area is 215 Å². The lowest BCUT2D eigenvalue weighted by Gasteiger charge is -2.27. The molecule has 3 nitrogen and oxygen atoms in total. The van der Waals surface area contributed by atoms with Crippen molar-refractivity contribution in [3.63, 3.8) is 0 Å². The highest BCUT2D eigenvalue weighted by molar-refractivity contribution is 5.38. The fourth-order valence-corrected chi connectivity index (χ4v) is 4.25. The lowest BCUT2D eigenvalue weighted by Crippen LogP contribution is -2.20. The zero-order valence-corrected chi connectivity index (χ0v) is 23.6. The van der Waals surface area contributed by atoms with Crippen LogP contribution in [-0.2, 0) is 4.74 Å². The van der Waals surface area contributed by atoms with Crippen molar-refractivity contribution in [2.75, 3.05) is 26.4 Å². The van der Waals surface area contributed by atoms with E-state index in [2.05, 4.69) is 104 Å². The predicted molar refractivity (Wildman–Crippen MR) is 149 cm³/mol. The molecule has 2 aromatic carbocycles. The van der Waals surface area contributed by atoms with Gasteiger partial charge in [-0.25, -0.2) is 0 Å². The number of benzene rings is 2. The Morgan fingerprint density at radius 2 is 0.914 bits per heavy atom. The molecule has 0 spiro atoms. The highest BCUT2D eigenvalue weighted by Crippen LogP contribution is 2.35. The number of ether oxygens (including phenoxy) is 3. The van der Waals surface area contributed by atoms with Gasteiger partial charge in [0.2, 0.25) is 0 Å². The minimum atomic E-state index is 0.288. The van der Waals surface area contributed by atoms with E-state index in [9.17, 15) is 0 Å². The minimum absolute atomic E-state index is 0.288. The average Bonchev–Trinajstić information content (AvgIpc) is 2.79. The zero-order chi connectivity index (χ0) is 25.8. The third-order valence-electron chi connectivity index (χ3n) is 6.75. The first-order chi connectivity index (χ1) is 16.7. The van der Waals surface area contributed by atoms with Crippen molar-refractivity contribution in [1.82, 2.24) is 0 Å². The standard InChI is InChI=1S/C32H50O3/c1-23(2)17-19-34-31-15-11-9-13-27(31)29(25(5)6)21-33-22-30(26(7)8)28-14-10-12-16-32(28)35-20-18-24(3)4/h9-16,23-26,29-30H,17-22H2,1-8H3. The summed E-state index contributed by atoms with van der Waals surface area (Å²) >= 11 is 0. The molecule has 0 aromatic heterocycles. The lowest BCUT2D eigenvalue weighted by atomic mass is 9.87. The van der Waals surface area contributed by atoms with Crippen molar-refractivity contribution in [3.05, 3.63) is 59.7 Å². The molecule has 0 amide bonds. The quantitative estimate of drug-likeness (QED) is 0.239. The predicted octanol–water partition coefficient (Wildman–Crippen LogP) is 8.73. The lowest BCUT2D eigenvalue weighted by molar-refractivity contribution is 0.0850. The molecule has 0 radical (unpaired) electrons. The highest BCUT2D eigenvalue weighted by atomic mass is 16.5. The smallest absolute Gasteiger partial charge is 0.122 e. The van der Waals surface area contributed by atoms with Crippen molar-refractivity contribution >= 4 is 0 Å². The van der Waals surface area contributed by atoms with E-state index < -0.39 is 0 Å². The van der Waals surface area contributed by atoms with Gasteiger partial charge in [0.05, 0.1) is 26.4 Å². The van der Waals surface area contributed by atoms with Crippen molar-refractivity contribution in [1.29, 1.82) is 0 Å². The van der Waals surface area contributed by atoms with E-state index >= 15 is 0 Å². The maximum atomic E-state index is 6.47. The van der Waals surface area contributed by atoms with Crippen LogP contribution in [0, 0.1) is 23.7 Å². The summed E-state index contributed by atoms with van der Waals surface area (Å²) in [5.41, 5.74) is 2.51. The molecular formula is C32H50O3. The molecule has 0 aliphatic carbocycles. The van der Waals surface area contributed by atoms with Gasteiger partial charge in [-0.15, -0.1) is 0 Å². The van der Waals surface area contributed by atoms with Crippen LogP contribution in [0.3, 0.4) is 0 Å². The van der Waals surface area contributed by atoms with Gasteiger partial charge in [-0.3, -0.25) is 0 Å². The molecule has 196 valence electrons. The van der Waals surface area contributed by atoms with Crippen LogP contribution in [0.1, 0.15) is 91.2 Å². The van der Waals surface area contributed by atoms with Crippen LogP contribution in [0.5, 0.6) is 11.5 Å². The molecule has 2 unspecified atom stereocenters. The van der Waals surface area contributed by atoms with E-state index in [1.54, 1.807) is 0 Å². The number of rotatable bonds is 16. The SMILES string of the molecule is CC(C)CCOc1ccccc1C(COCC(c1ccccc1OCCC(C)C)C(C)C)C(C)C. The first-order valence-corrected chi connectivity index (χ1v) is 13.7. The summed E-state index contributed by atoms with van der Waals surface area (Å²) < 4.78 is 18.9. The largest absolute Gasteiger partial charge is 0.493 e. The minimum Gasteiger partial charge on any atom is -0.493 e. The van der Waals surface area contributed by atoms with Crippen LogP contribution in [0.4, 0.5) is 0 Å². The Balaban J connectivity index is 2.10. The Morgan fingerprint density at radius 1 is 0.543 bits per heavy atom. The van der Waals surface area contributed by atoms with Crippen LogP contribution in [0.25, 0.3) is 0 Å². The van der Waals surface area contributed by atoms with Gasteiger partial charge in [-0.1, -0.05) is 91.8 Å². The molecule has 0 bridgehead atoms. The van der Waals surface area contributed by atoms with Crippen LogP contribution < -0.4 is 9.47 Å². The summed E-state index contributed by atoms with van der Waals surface area (Å²) in [6.45, 7) is 20.9. The third-order valence-corrected chi connectivity index (χ3v) is 6.75. The molecule has 0 heterocycles. The third kappa shape index (κ3) is 9.88. The average molecular weight is 483 g/mol. The Kier molecular flexibility index (Phi) is 12.7. The zero-order valence-electron chi connectivity index (χ0n) is 23.6. The second-order valence-electron chi connectivity index (χ2n) is 11.4. The van der Waals surface area contributed by atoms with Crippen LogP contribution in [-0.4, -0.2) is 26.4 Å². The summed E-state index contributed by atoms with van der Waals surface area (Å²) in [7, 11) is 0. The van der Waals surface area contributed by atoms with E-state index in [0.29, 0.717) is 36.9 Å². The molecule has 2 atom stereocenters. The van der Waals surface area contributed by atoms with Gasteiger partial charge in [0.25, 0.3) is 0 Å². The van der Waals surface area contributed by atoms with E-state index in [4.69, 9.17) is 14.2 Å². The van der Waals surface area contributed by atoms with Crippen molar-refractivity contribution in [2.45, 2.75) is 80.1 Å². The first-order valence-electron chi connectivity index (χ1n) is 13.7. The number of hydrogen-bond donors (Lipinski definition) is 0. The number of para-hydroxylation sites is 2. The Hall–Kier alpha value is -2.00. The second kappa shape index (κ2) is 15.2. The van der Waals surface area contributed by atoms with Crippen molar-refractivity contribution < 1.29 is 14.2 Å². The molecule has 0 saturated heterocycles. The van der Waals surface area contributed by atoms with Crippen molar-refractivity contribution in [2.24, 2.45) is 23.7 Å². The normalized spacial score (nSPS) is 13.6. The molecule has 2 aromatic rings. The summed E-state index contributed by atoms with van der Waals surface area (Å²) in [5, 5.41) is 0. The molecule has 3 heteroatoms. The fraction of sp³-hybridized carbons (Fsp3) is 0.625. The maximum Gasteiger partial charge on any atom is 0.122 e. The van der Waals surface area contributed by atoms with Crippen molar-refractivity contribution in [3.8, 4) is 11.5 Å². The Morgan fingerprint density at radius 3 is 1.26 bits per heavy atom. The van der Waals surface area contributed by atoms with Gasteiger partial charge in [0.1, 0.15) is 11.5 Å². The second-order valence-corrected chi connectivity index (χ2v) is 11.4. The van der Waals surface area contributed by atoms with Gasteiger partial charge < -0.3 is 14.2 Å². The molecule has 35 heavy (non-hydrogen) atoms. The van der Waals surface area contributed by atoms with Crippen LogP contribution in [0.2, 0.25) is 0 Å². The molecule has 0 N–H and O–H groups in total. The van der Waals surface area contributed by atoms with Gasteiger partial charge in [-0.05, 0) is 59.8 Å². The Bertz CT molecular complexity index is 771. The molecule has 0 aliphatic heterocycles. The molecule has 2 rings (SSSR count). The van der Waals surface area contributed by atoms with E-state index in [1.807, 2.05) is 0 Å². The van der Waals surface area contributed by atoms with Crippen LogP contribution in [0.15, 0.2) is 48.5 Å². The molecule has 0 saturated carbocycles. The molecule has 0 aliphatic rings. The van der Waals surface area contributed by atoms with E-state index in [0.717, 1.165) is 37.6 Å². The molecular weight excluding hydrogens is 432 g/mol. The summed E-state index contributed by atoms with van der Waals surface area (Å²) in [5.74, 6) is 4.75. The van der Waals surface area contributed by atoms with Crippen LogP contribution >= 0.6 is 0 Å². The number of hydrogen-bond acceptors (Lipinski definition) is 3. The van der Waals surface area contributed by atoms with E-state index in [1.165, 1.54) is 11.1 Å². The van der Waals surface area contributed by atoms with Gasteiger partial charge in [0, 0.05) is 11.8 Å². The summed E-state index contributed by atoms with van der Waals surface area (Å²) in [6.07, 6.45) is 2.12. The fourth-order valence-electron chi connectivity index (χ4n) is 4.25. The van der Waals surface area contributed by atoms with Gasteiger partial charge in [0.15, 0.2) is 0 Å². The van der Waals surface area contributed by atoms with E-state index in [-0.39, 0.29) is 11.8 Å². The van der Waals surface area contributed by atoms with Gasteiger partial charge >= 0.3 is 0 Å². The monoisotopic (exact) mass is 482 g/mol. The maximum absolute atomic E-state index is 6.47. The first kappa shape index (κ1) is 29.2. The highest BCUT2D eigenvalue weighted by Gasteiger charge is 2.24. The molecule has 0 fully saturated rings. The van der Waals surface area contributed by atoms with Gasteiger partial charge in [-0.2, -0.15) is 0 Å². The summed E-state index contributed by atoms with van der Waals surface area (Å²) in [4.78, 5) is 0. The summed E-state index contributed by atoms with van der Waals surface area (Å²) in [6, 6.07) is 17.0.